The molecule has 0 spiro atoms. The third kappa shape index (κ3) is 5.36. The van der Waals surface area contributed by atoms with Crippen LogP contribution in [0.3, 0.4) is 0 Å². The van der Waals surface area contributed by atoms with Gasteiger partial charge < -0.3 is 14.5 Å². The second kappa shape index (κ2) is 10.2. The highest BCUT2D eigenvalue weighted by Gasteiger charge is 2.18. The molecule has 0 saturated carbocycles. The molecule has 1 heterocycles. The van der Waals surface area contributed by atoms with Crippen molar-refractivity contribution >= 4 is 17.7 Å². The Bertz CT molecular complexity index is 1160. The van der Waals surface area contributed by atoms with Crippen molar-refractivity contribution in [3.63, 3.8) is 0 Å². The van der Waals surface area contributed by atoms with Crippen molar-refractivity contribution in [2.24, 2.45) is 0 Å². The van der Waals surface area contributed by atoms with Crippen LogP contribution in [0.4, 0.5) is 0 Å². The molecule has 7 heteroatoms. The zero-order chi connectivity index (χ0) is 22.3. The Morgan fingerprint density at radius 3 is 2.34 bits per heavy atom. The van der Waals surface area contributed by atoms with Crippen LogP contribution in [0.15, 0.2) is 88.5 Å². The highest BCUT2D eigenvalue weighted by molar-refractivity contribution is 7.99. The number of nitrogens with zero attached hydrogens (tertiary/aromatic N) is 2. The van der Waals surface area contributed by atoms with Crippen LogP contribution in [0.5, 0.6) is 5.75 Å². The summed E-state index contributed by atoms with van der Waals surface area (Å²) in [5, 5.41) is 11.6. The number of aryl methyl sites for hydroxylation is 1. The molecule has 3 aromatic carbocycles. The van der Waals surface area contributed by atoms with E-state index < -0.39 is 0 Å². The molecule has 1 N–H and O–H groups in total. The molecule has 4 rings (SSSR count). The Kier molecular flexibility index (Phi) is 6.87. The molecular weight excluding hydrogens is 422 g/mol. The number of benzene rings is 3. The fraction of sp³-hybridized carbons (Fsp3) is 0.160. The van der Waals surface area contributed by atoms with Crippen molar-refractivity contribution in [2.75, 3.05) is 12.9 Å². The molecule has 1 amide bonds. The molecule has 0 fully saturated rings. The standard InChI is InChI=1S/C25H23N3O3S/c1-17-8-10-19(11-9-17)23(18-6-4-3-5-7-18)26-22(29)16-32-25-28-27-24(31-25)20-12-14-21(30-2)15-13-20/h3-15,23H,16H2,1-2H3,(H,26,29). The largest absolute Gasteiger partial charge is 0.497 e. The summed E-state index contributed by atoms with van der Waals surface area (Å²) in [6, 6.07) is 25.2. The number of methoxy groups -OCH3 is 1. The van der Waals surface area contributed by atoms with Crippen LogP contribution < -0.4 is 10.1 Å². The normalized spacial score (nSPS) is 11.7. The molecule has 1 unspecified atom stereocenters. The minimum atomic E-state index is -0.234. The SMILES string of the molecule is COc1ccc(-c2nnc(SCC(=O)NC(c3ccccc3)c3ccc(C)cc3)o2)cc1. The van der Waals surface area contributed by atoms with E-state index in [1.54, 1.807) is 7.11 Å². The number of carbonyl (C=O) groups excluding carboxylic acids is 1. The van der Waals surface area contributed by atoms with E-state index in [-0.39, 0.29) is 17.7 Å². The zero-order valence-corrected chi connectivity index (χ0v) is 18.6. The van der Waals surface area contributed by atoms with E-state index in [2.05, 4.69) is 15.5 Å². The van der Waals surface area contributed by atoms with Crippen molar-refractivity contribution < 1.29 is 13.9 Å². The van der Waals surface area contributed by atoms with Crippen LogP contribution in [-0.4, -0.2) is 29.0 Å². The van der Waals surface area contributed by atoms with Gasteiger partial charge in [-0.3, -0.25) is 4.79 Å². The predicted octanol–water partition coefficient (Wildman–Crippen LogP) is 5.05. The van der Waals surface area contributed by atoms with Gasteiger partial charge in [-0.05, 0) is 42.3 Å². The predicted molar refractivity (Wildman–Crippen MR) is 125 cm³/mol. The summed E-state index contributed by atoms with van der Waals surface area (Å²) in [5.74, 6) is 1.20. The molecule has 6 nitrogen and oxygen atoms in total. The van der Waals surface area contributed by atoms with Gasteiger partial charge in [0.1, 0.15) is 5.75 Å². The molecule has 1 aromatic heterocycles. The Labute approximate surface area is 191 Å². The fourth-order valence-corrected chi connectivity index (χ4v) is 3.79. The first-order valence-corrected chi connectivity index (χ1v) is 11.1. The highest BCUT2D eigenvalue weighted by Crippen LogP contribution is 2.26. The van der Waals surface area contributed by atoms with E-state index in [1.165, 1.54) is 17.3 Å². The van der Waals surface area contributed by atoms with E-state index in [0.717, 1.165) is 22.4 Å². The summed E-state index contributed by atoms with van der Waals surface area (Å²) < 4.78 is 10.9. The van der Waals surface area contributed by atoms with E-state index in [4.69, 9.17) is 9.15 Å². The monoisotopic (exact) mass is 445 g/mol. The van der Waals surface area contributed by atoms with Crippen LogP contribution in [0.25, 0.3) is 11.5 Å². The number of carbonyl (C=O) groups is 1. The number of hydrogen-bond acceptors (Lipinski definition) is 6. The zero-order valence-electron chi connectivity index (χ0n) is 17.8. The number of thioether (sulfide) groups is 1. The van der Waals surface area contributed by atoms with Crippen LogP contribution in [0.2, 0.25) is 0 Å². The van der Waals surface area contributed by atoms with Crippen molar-refractivity contribution in [3.8, 4) is 17.2 Å². The van der Waals surface area contributed by atoms with Gasteiger partial charge >= 0.3 is 0 Å². The summed E-state index contributed by atoms with van der Waals surface area (Å²) in [7, 11) is 1.61. The summed E-state index contributed by atoms with van der Waals surface area (Å²) in [4.78, 5) is 12.8. The maximum absolute atomic E-state index is 12.8. The Hall–Kier alpha value is -3.58. The Morgan fingerprint density at radius 1 is 0.969 bits per heavy atom. The number of nitrogens with one attached hydrogen (secondary N) is 1. The van der Waals surface area contributed by atoms with Gasteiger partial charge in [0.15, 0.2) is 0 Å². The van der Waals surface area contributed by atoms with Crippen molar-refractivity contribution in [1.29, 1.82) is 0 Å². The van der Waals surface area contributed by atoms with Gasteiger partial charge in [-0.15, -0.1) is 10.2 Å². The maximum Gasteiger partial charge on any atom is 0.277 e. The minimum Gasteiger partial charge on any atom is -0.497 e. The maximum atomic E-state index is 12.8. The van der Waals surface area contributed by atoms with E-state index in [9.17, 15) is 4.79 Å². The molecule has 0 radical (unpaired) electrons. The van der Waals surface area contributed by atoms with E-state index >= 15 is 0 Å². The topological polar surface area (TPSA) is 77.2 Å². The van der Waals surface area contributed by atoms with Crippen LogP contribution in [0, 0.1) is 6.92 Å². The molecule has 0 bridgehead atoms. The molecule has 4 aromatic rings. The number of aromatic nitrogens is 2. The Morgan fingerprint density at radius 2 is 1.66 bits per heavy atom. The molecule has 32 heavy (non-hydrogen) atoms. The first-order valence-electron chi connectivity index (χ1n) is 10.1. The van der Waals surface area contributed by atoms with E-state index in [0.29, 0.717) is 11.1 Å². The third-order valence-corrected chi connectivity index (χ3v) is 5.74. The molecule has 0 aliphatic carbocycles. The van der Waals surface area contributed by atoms with Crippen LogP contribution in [0.1, 0.15) is 22.7 Å². The second-order valence-electron chi connectivity index (χ2n) is 7.21. The molecule has 162 valence electrons. The smallest absolute Gasteiger partial charge is 0.277 e. The summed E-state index contributed by atoms with van der Waals surface area (Å²) in [5.41, 5.74) is 4.01. The van der Waals surface area contributed by atoms with Gasteiger partial charge in [0.2, 0.25) is 11.8 Å². The summed E-state index contributed by atoms with van der Waals surface area (Å²) >= 11 is 1.21. The molecule has 0 aliphatic rings. The lowest BCUT2D eigenvalue weighted by Crippen LogP contribution is -2.30. The highest BCUT2D eigenvalue weighted by atomic mass is 32.2. The number of rotatable bonds is 8. The van der Waals surface area contributed by atoms with Gasteiger partial charge in [0.25, 0.3) is 5.22 Å². The van der Waals surface area contributed by atoms with Gasteiger partial charge in [-0.2, -0.15) is 0 Å². The average Bonchev–Trinajstić information content (AvgIpc) is 3.32. The van der Waals surface area contributed by atoms with Crippen molar-refractivity contribution in [1.82, 2.24) is 15.5 Å². The van der Waals surface area contributed by atoms with Crippen LogP contribution >= 0.6 is 11.8 Å². The number of hydrogen-bond donors (Lipinski definition) is 1. The molecule has 0 aliphatic heterocycles. The van der Waals surface area contributed by atoms with Crippen molar-refractivity contribution in [3.05, 3.63) is 95.6 Å². The first kappa shape index (κ1) is 21.6. The quantitative estimate of drug-likeness (QED) is 0.382. The van der Waals surface area contributed by atoms with Gasteiger partial charge in [0, 0.05) is 5.56 Å². The lowest BCUT2D eigenvalue weighted by atomic mass is 9.98. The third-order valence-electron chi connectivity index (χ3n) is 4.92. The number of ether oxygens (including phenoxy) is 1. The number of amides is 1. The minimum absolute atomic E-state index is 0.117. The summed E-state index contributed by atoms with van der Waals surface area (Å²) in [6.45, 7) is 2.04. The molecule has 0 saturated heterocycles. The van der Waals surface area contributed by atoms with Gasteiger partial charge in [-0.1, -0.05) is 71.9 Å². The lowest BCUT2D eigenvalue weighted by molar-refractivity contribution is -0.119. The first-order chi connectivity index (χ1) is 15.6. The van der Waals surface area contributed by atoms with Crippen molar-refractivity contribution in [2.45, 2.75) is 18.2 Å². The summed E-state index contributed by atoms with van der Waals surface area (Å²) in [6.07, 6.45) is 0. The fourth-order valence-electron chi connectivity index (χ4n) is 3.21. The van der Waals surface area contributed by atoms with Gasteiger partial charge in [0.05, 0.1) is 18.9 Å². The average molecular weight is 446 g/mol. The van der Waals surface area contributed by atoms with Crippen LogP contribution in [-0.2, 0) is 4.79 Å². The van der Waals surface area contributed by atoms with E-state index in [1.807, 2.05) is 85.8 Å². The lowest BCUT2D eigenvalue weighted by Gasteiger charge is -2.20. The second-order valence-corrected chi connectivity index (χ2v) is 8.14. The molecule has 1 atom stereocenters. The van der Waals surface area contributed by atoms with Gasteiger partial charge in [-0.25, -0.2) is 0 Å². The Balaban J connectivity index is 1.41. The molecular formula is C25H23N3O3S.